The van der Waals surface area contributed by atoms with Gasteiger partial charge >= 0.3 is 0 Å². The third kappa shape index (κ3) is 5.49. The Morgan fingerprint density at radius 3 is 2.32 bits per heavy atom. The molecule has 0 fully saturated rings. The second-order valence-electron chi connectivity index (χ2n) is 5.35. The quantitative estimate of drug-likeness (QED) is 0.528. The molecule has 0 unspecified atom stereocenters. The van der Waals surface area contributed by atoms with Crippen LogP contribution in [0.5, 0.6) is 0 Å². The van der Waals surface area contributed by atoms with E-state index in [1.54, 1.807) is 11.8 Å². The van der Waals surface area contributed by atoms with Crippen molar-refractivity contribution in [3.8, 4) is 0 Å². The van der Waals surface area contributed by atoms with Gasteiger partial charge in [0.1, 0.15) is 0 Å². The highest BCUT2D eigenvalue weighted by Crippen LogP contribution is 2.33. The fourth-order valence-corrected chi connectivity index (χ4v) is 3.44. The molecule has 0 spiro atoms. The Balaban J connectivity index is 1.64. The number of thiocarbonyl (C=S) groups is 1. The second kappa shape index (κ2) is 8.90. The van der Waals surface area contributed by atoms with Gasteiger partial charge in [-0.1, -0.05) is 65.8 Å². The molecule has 0 aliphatic rings. The number of rotatable bonds is 5. The molecule has 0 bridgehead atoms. The zero-order valence-corrected chi connectivity index (χ0v) is 15.8. The number of halogens is 1. The lowest BCUT2D eigenvalue weighted by Crippen LogP contribution is -2.28. The highest BCUT2D eigenvalue weighted by Gasteiger charge is 2.06. The maximum Gasteiger partial charge on any atom is 0.171 e. The van der Waals surface area contributed by atoms with Gasteiger partial charge in [-0.15, -0.1) is 0 Å². The number of hydrogen-bond donors (Lipinski definition) is 2. The van der Waals surface area contributed by atoms with Gasteiger partial charge < -0.3 is 10.6 Å². The molecule has 0 aliphatic heterocycles. The minimum atomic E-state index is 0.605. The Morgan fingerprint density at radius 1 is 0.880 bits per heavy atom. The number of nitrogens with one attached hydrogen (secondary N) is 2. The molecule has 25 heavy (non-hydrogen) atoms. The molecule has 0 atom stereocenters. The number of anilines is 1. The van der Waals surface area contributed by atoms with Gasteiger partial charge in [0.25, 0.3) is 0 Å². The number of hydrogen-bond acceptors (Lipinski definition) is 2. The van der Waals surface area contributed by atoms with Crippen LogP contribution in [-0.4, -0.2) is 5.11 Å². The third-order valence-electron chi connectivity index (χ3n) is 3.47. The van der Waals surface area contributed by atoms with Crippen molar-refractivity contribution >= 4 is 46.4 Å². The van der Waals surface area contributed by atoms with Crippen LogP contribution in [-0.2, 0) is 6.54 Å². The van der Waals surface area contributed by atoms with Crippen LogP contribution in [0, 0.1) is 0 Å². The molecule has 0 saturated carbocycles. The van der Waals surface area contributed by atoms with E-state index in [4.69, 9.17) is 23.8 Å². The normalized spacial score (nSPS) is 10.3. The summed E-state index contributed by atoms with van der Waals surface area (Å²) in [7, 11) is 0. The van der Waals surface area contributed by atoms with Crippen LogP contribution in [0.1, 0.15) is 5.56 Å². The SMILES string of the molecule is S=C(NCc1ccccc1)Nc1ccccc1Sc1ccc(Cl)cc1. The second-order valence-corrected chi connectivity index (χ2v) is 7.31. The van der Waals surface area contributed by atoms with Crippen LogP contribution in [0.2, 0.25) is 5.02 Å². The summed E-state index contributed by atoms with van der Waals surface area (Å²) in [5.74, 6) is 0. The average Bonchev–Trinajstić information content (AvgIpc) is 2.64. The molecule has 126 valence electrons. The van der Waals surface area contributed by atoms with Crippen molar-refractivity contribution in [3.63, 3.8) is 0 Å². The molecule has 0 amide bonds. The van der Waals surface area contributed by atoms with E-state index in [-0.39, 0.29) is 0 Å². The standard InChI is InChI=1S/C20H17ClN2S2/c21-16-10-12-17(13-11-16)25-19-9-5-4-8-18(19)23-20(24)22-14-15-6-2-1-3-7-15/h1-13H,14H2,(H2,22,23,24). The first-order valence-corrected chi connectivity index (χ1v) is 9.42. The molecule has 0 saturated heterocycles. The molecular weight excluding hydrogens is 368 g/mol. The lowest BCUT2D eigenvalue weighted by Gasteiger charge is -2.14. The van der Waals surface area contributed by atoms with E-state index in [1.165, 1.54) is 5.56 Å². The van der Waals surface area contributed by atoms with E-state index in [1.807, 2.05) is 60.7 Å². The van der Waals surface area contributed by atoms with Gasteiger partial charge in [0, 0.05) is 21.4 Å². The fourth-order valence-electron chi connectivity index (χ4n) is 2.23. The minimum Gasteiger partial charge on any atom is -0.358 e. The van der Waals surface area contributed by atoms with Crippen molar-refractivity contribution < 1.29 is 0 Å². The van der Waals surface area contributed by atoms with Gasteiger partial charge in [-0.05, 0) is 54.2 Å². The van der Waals surface area contributed by atoms with E-state index in [9.17, 15) is 0 Å². The lowest BCUT2D eigenvalue weighted by molar-refractivity contribution is 0.925. The first-order valence-electron chi connectivity index (χ1n) is 7.82. The van der Waals surface area contributed by atoms with Gasteiger partial charge in [0.2, 0.25) is 0 Å². The Labute approximate surface area is 162 Å². The maximum absolute atomic E-state index is 5.95. The Morgan fingerprint density at radius 2 is 1.56 bits per heavy atom. The monoisotopic (exact) mass is 384 g/mol. The zero-order valence-electron chi connectivity index (χ0n) is 13.4. The summed E-state index contributed by atoms with van der Waals surface area (Å²) >= 11 is 13.1. The molecule has 3 rings (SSSR count). The third-order valence-corrected chi connectivity index (χ3v) is 5.05. The van der Waals surface area contributed by atoms with Crippen LogP contribution in [0.25, 0.3) is 0 Å². The van der Waals surface area contributed by atoms with Crippen molar-refractivity contribution in [2.24, 2.45) is 0 Å². The van der Waals surface area contributed by atoms with Crippen LogP contribution in [0.4, 0.5) is 5.69 Å². The summed E-state index contributed by atoms with van der Waals surface area (Å²) in [6, 6.07) is 26.1. The Hall–Kier alpha value is -2.01. The highest BCUT2D eigenvalue weighted by atomic mass is 35.5. The van der Waals surface area contributed by atoms with Gasteiger partial charge in [-0.3, -0.25) is 0 Å². The Kier molecular flexibility index (Phi) is 6.34. The van der Waals surface area contributed by atoms with E-state index in [2.05, 4.69) is 28.8 Å². The molecule has 5 heteroatoms. The van der Waals surface area contributed by atoms with Gasteiger partial charge in [0.15, 0.2) is 5.11 Å². The molecule has 2 N–H and O–H groups in total. The molecule has 0 heterocycles. The van der Waals surface area contributed by atoms with Crippen LogP contribution in [0.3, 0.4) is 0 Å². The molecule has 0 aliphatic carbocycles. The zero-order chi connectivity index (χ0) is 17.5. The van der Waals surface area contributed by atoms with Gasteiger partial charge in [-0.25, -0.2) is 0 Å². The summed E-state index contributed by atoms with van der Waals surface area (Å²) in [5.41, 5.74) is 2.17. The van der Waals surface area contributed by atoms with Crippen molar-refractivity contribution in [1.82, 2.24) is 5.32 Å². The van der Waals surface area contributed by atoms with E-state index in [0.29, 0.717) is 11.7 Å². The topological polar surface area (TPSA) is 24.1 Å². The van der Waals surface area contributed by atoms with E-state index >= 15 is 0 Å². The molecule has 0 aromatic heterocycles. The maximum atomic E-state index is 5.95. The fraction of sp³-hybridized carbons (Fsp3) is 0.0500. The van der Waals surface area contributed by atoms with Gasteiger partial charge in [-0.2, -0.15) is 0 Å². The van der Waals surface area contributed by atoms with Crippen LogP contribution in [0.15, 0.2) is 88.7 Å². The lowest BCUT2D eigenvalue weighted by atomic mass is 10.2. The summed E-state index contributed by atoms with van der Waals surface area (Å²) in [4.78, 5) is 2.23. The molecule has 2 nitrogen and oxygen atoms in total. The van der Waals surface area contributed by atoms with E-state index < -0.39 is 0 Å². The first-order chi connectivity index (χ1) is 12.2. The number of benzene rings is 3. The summed E-state index contributed by atoms with van der Waals surface area (Å²) in [5, 5.41) is 7.87. The summed E-state index contributed by atoms with van der Waals surface area (Å²) < 4.78 is 0. The highest BCUT2D eigenvalue weighted by molar-refractivity contribution is 7.99. The van der Waals surface area contributed by atoms with Crippen molar-refractivity contribution in [2.75, 3.05) is 5.32 Å². The van der Waals surface area contributed by atoms with Crippen molar-refractivity contribution in [1.29, 1.82) is 0 Å². The predicted molar refractivity (Wildman–Crippen MR) is 112 cm³/mol. The predicted octanol–water partition coefficient (Wildman–Crippen LogP) is 5.98. The van der Waals surface area contributed by atoms with Crippen molar-refractivity contribution in [2.45, 2.75) is 16.3 Å². The number of para-hydroxylation sites is 1. The average molecular weight is 385 g/mol. The largest absolute Gasteiger partial charge is 0.358 e. The summed E-state index contributed by atoms with van der Waals surface area (Å²) in [6.45, 7) is 0.694. The van der Waals surface area contributed by atoms with E-state index in [0.717, 1.165) is 20.5 Å². The molecule has 3 aromatic carbocycles. The molecular formula is C20H17ClN2S2. The minimum absolute atomic E-state index is 0.605. The van der Waals surface area contributed by atoms with Crippen molar-refractivity contribution in [3.05, 3.63) is 89.4 Å². The smallest absolute Gasteiger partial charge is 0.171 e. The van der Waals surface area contributed by atoms with Crippen LogP contribution >= 0.6 is 35.6 Å². The molecule has 0 radical (unpaired) electrons. The summed E-state index contributed by atoms with van der Waals surface area (Å²) in [6.07, 6.45) is 0. The van der Waals surface area contributed by atoms with Crippen LogP contribution < -0.4 is 10.6 Å². The van der Waals surface area contributed by atoms with Gasteiger partial charge in [0.05, 0.1) is 5.69 Å². The molecule has 3 aromatic rings. The first kappa shape index (κ1) is 17.8. The Bertz CT molecular complexity index is 836.